The molecule has 0 aliphatic carbocycles. The van der Waals surface area contributed by atoms with Crippen LogP contribution in [0.5, 0.6) is 11.5 Å². The van der Waals surface area contributed by atoms with E-state index in [2.05, 4.69) is 0 Å². The quantitative estimate of drug-likeness (QED) is 0.512. The number of benzene rings is 1. The topological polar surface area (TPSA) is 36.9 Å². The zero-order chi connectivity index (χ0) is 13.2. The smallest absolute Gasteiger partial charge is 0.161 e. The van der Waals surface area contributed by atoms with Crippen molar-refractivity contribution in [1.82, 2.24) is 0 Å². The summed E-state index contributed by atoms with van der Waals surface area (Å²) in [7, 11) is 3.25. The molecule has 0 heterocycles. The molecule has 0 atom stereocenters. The highest BCUT2D eigenvalue weighted by molar-refractivity contribution is 6.17. The standard InChI is InChI=1S/C13H19ClO4/c1-15-5-6-17-7-8-18-12-4-3-11(10-14)9-13(12)16-2/h3-4,9H,5-8,10H2,1-2H3. The minimum Gasteiger partial charge on any atom is -0.493 e. The van der Waals surface area contributed by atoms with E-state index in [9.17, 15) is 0 Å². The van der Waals surface area contributed by atoms with E-state index >= 15 is 0 Å². The van der Waals surface area contributed by atoms with Crippen molar-refractivity contribution in [3.63, 3.8) is 0 Å². The molecule has 1 aromatic carbocycles. The molecule has 18 heavy (non-hydrogen) atoms. The molecule has 0 unspecified atom stereocenters. The Morgan fingerprint density at radius 2 is 1.78 bits per heavy atom. The molecule has 0 spiro atoms. The maximum Gasteiger partial charge on any atom is 0.161 e. The van der Waals surface area contributed by atoms with Crippen molar-refractivity contribution in [2.24, 2.45) is 0 Å². The van der Waals surface area contributed by atoms with Crippen LogP contribution in [0.3, 0.4) is 0 Å². The second-order valence-electron chi connectivity index (χ2n) is 3.57. The first-order chi connectivity index (χ1) is 8.81. The lowest BCUT2D eigenvalue weighted by Crippen LogP contribution is -2.10. The third-order valence-electron chi connectivity index (χ3n) is 2.30. The molecule has 1 aromatic rings. The van der Waals surface area contributed by atoms with Crippen molar-refractivity contribution < 1.29 is 18.9 Å². The van der Waals surface area contributed by atoms with Crippen LogP contribution in [0.25, 0.3) is 0 Å². The molecule has 0 aliphatic rings. The van der Waals surface area contributed by atoms with Gasteiger partial charge in [0.05, 0.1) is 26.9 Å². The van der Waals surface area contributed by atoms with Gasteiger partial charge in [-0.1, -0.05) is 6.07 Å². The van der Waals surface area contributed by atoms with Crippen molar-refractivity contribution >= 4 is 11.6 Å². The van der Waals surface area contributed by atoms with E-state index < -0.39 is 0 Å². The summed E-state index contributed by atoms with van der Waals surface area (Å²) >= 11 is 5.76. The Morgan fingerprint density at radius 1 is 1.00 bits per heavy atom. The van der Waals surface area contributed by atoms with E-state index in [0.717, 1.165) is 5.56 Å². The molecule has 102 valence electrons. The minimum absolute atomic E-state index is 0.455. The van der Waals surface area contributed by atoms with Gasteiger partial charge in [0.25, 0.3) is 0 Å². The van der Waals surface area contributed by atoms with E-state index in [-0.39, 0.29) is 0 Å². The van der Waals surface area contributed by atoms with Crippen LogP contribution in [0.15, 0.2) is 18.2 Å². The van der Waals surface area contributed by atoms with Crippen molar-refractivity contribution in [2.75, 3.05) is 40.6 Å². The molecule has 0 saturated carbocycles. The summed E-state index contributed by atoms with van der Waals surface area (Å²) in [4.78, 5) is 0. The fourth-order valence-electron chi connectivity index (χ4n) is 1.37. The largest absolute Gasteiger partial charge is 0.493 e. The van der Waals surface area contributed by atoms with Gasteiger partial charge in [0, 0.05) is 13.0 Å². The van der Waals surface area contributed by atoms with Gasteiger partial charge < -0.3 is 18.9 Å². The van der Waals surface area contributed by atoms with Gasteiger partial charge in [0.1, 0.15) is 6.61 Å². The maximum atomic E-state index is 5.76. The lowest BCUT2D eigenvalue weighted by atomic mass is 10.2. The van der Waals surface area contributed by atoms with Crippen LogP contribution >= 0.6 is 11.6 Å². The summed E-state index contributed by atoms with van der Waals surface area (Å²) < 4.78 is 21.0. The van der Waals surface area contributed by atoms with Gasteiger partial charge >= 0.3 is 0 Å². The van der Waals surface area contributed by atoms with E-state index in [1.165, 1.54) is 0 Å². The van der Waals surface area contributed by atoms with E-state index in [4.69, 9.17) is 30.5 Å². The van der Waals surface area contributed by atoms with Gasteiger partial charge in [-0.15, -0.1) is 11.6 Å². The number of hydrogen-bond acceptors (Lipinski definition) is 4. The second kappa shape index (κ2) is 9.03. The first-order valence-electron chi connectivity index (χ1n) is 5.74. The molecule has 0 fully saturated rings. The van der Waals surface area contributed by atoms with Crippen LogP contribution in [0.1, 0.15) is 5.56 Å². The highest BCUT2D eigenvalue weighted by atomic mass is 35.5. The SMILES string of the molecule is COCCOCCOc1ccc(CCl)cc1OC. The van der Waals surface area contributed by atoms with Crippen molar-refractivity contribution in [3.8, 4) is 11.5 Å². The number of rotatable bonds is 9. The maximum absolute atomic E-state index is 5.76. The van der Waals surface area contributed by atoms with E-state index in [1.54, 1.807) is 14.2 Å². The number of methoxy groups -OCH3 is 2. The Morgan fingerprint density at radius 3 is 2.44 bits per heavy atom. The monoisotopic (exact) mass is 274 g/mol. The molecule has 0 saturated heterocycles. The summed E-state index contributed by atoms with van der Waals surface area (Å²) in [5, 5.41) is 0. The summed E-state index contributed by atoms with van der Waals surface area (Å²) in [6.45, 7) is 2.15. The van der Waals surface area contributed by atoms with Crippen molar-refractivity contribution in [1.29, 1.82) is 0 Å². The summed E-state index contributed by atoms with van der Waals surface area (Å²) in [5.41, 5.74) is 0.997. The van der Waals surface area contributed by atoms with Crippen molar-refractivity contribution in [3.05, 3.63) is 23.8 Å². The average Bonchev–Trinajstić information content (AvgIpc) is 2.42. The Balaban J connectivity index is 2.37. The first kappa shape index (κ1) is 15.1. The highest BCUT2D eigenvalue weighted by Gasteiger charge is 2.05. The van der Waals surface area contributed by atoms with E-state index in [1.807, 2.05) is 18.2 Å². The molecule has 1 rings (SSSR count). The molecule has 0 amide bonds. The van der Waals surface area contributed by atoms with Crippen LogP contribution < -0.4 is 9.47 Å². The van der Waals surface area contributed by atoms with Crippen LogP contribution in [0.4, 0.5) is 0 Å². The number of halogens is 1. The zero-order valence-electron chi connectivity index (χ0n) is 10.8. The highest BCUT2D eigenvalue weighted by Crippen LogP contribution is 2.28. The lowest BCUT2D eigenvalue weighted by molar-refractivity contribution is 0.0540. The normalized spacial score (nSPS) is 10.4. The molecular weight excluding hydrogens is 256 g/mol. The summed E-state index contributed by atoms with van der Waals surface area (Å²) in [5.74, 6) is 1.84. The van der Waals surface area contributed by atoms with Gasteiger partial charge in [-0.05, 0) is 17.7 Å². The molecule has 5 heteroatoms. The molecule has 0 N–H and O–H groups in total. The van der Waals surface area contributed by atoms with Gasteiger partial charge in [-0.3, -0.25) is 0 Å². The molecular formula is C13H19ClO4. The Bertz CT molecular complexity index is 344. The van der Waals surface area contributed by atoms with Crippen LogP contribution in [-0.4, -0.2) is 40.6 Å². The van der Waals surface area contributed by atoms with Gasteiger partial charge in [-0.25, -0.2) is 0 Å². The van der Waals surface area contributed by atoms with Gasteiger partial charge in [-0.2, -0.15) is 0 Å². The second-order valence-corrected chi connectivity index (χ2v) is 3.84. The minimum atomic E-state index is 0.455. The predicted octanol–water partition coefficient (Wildman–Crippen LogP) is 2.48. The summed E-state index contributed by atoms with van der Waals surface area (Å²) in [6, 6.07) is 5.64. The third-order valence-corrected chi connectivity index (χ3v) is 2.61. The number of hydrogen-bond donors (Lipinski definition) is 0. The van der Waals surface area contributed by atoms with Gasteiger partial charge in [0.2, 0.25) is 0 Å². The molecule has 0 aliphatic heterocycles. The Kier molecular flexibility index (Phi) is 7.57. The van der Waals surface area contributed by atoms with Gasteiger partial charge in [0.15, 0.2) is 11.5 Å². The molecule has 4 nitrogen and oxygen atoms in total. The van der Waals surface area contributed by atoms with Crippen molar-refractivity contribution in [2.45, 2.75) is 5.88 Å². The Hall–Kier alpha value is -0.970. The molecule has 0 radical (unpaired) electrons. The fraction of sp³-hybridized carbons (Fsp3) is 0.538. The van der Waals surface area contributed by atoms with Crippen LogP contribution in [0.2, 0.25) is 0 Å². The average molecular weight is 275 g/mol. The van der Waals surface area contributed by atoms with Crippen LogP contribution in [0, 0.1) is 0 Å². The molecule has 0 aromatic heterocycles. The number of ether oxygens (including phenoxy) is 4. The first-order valence-corrected chi connectivity index (χ1v) is 6.27. The fourth-order valence-corrected chi connectivity index (χ4v) is 1.54. The summed E-state index contributed by atoms with van der Waals surface area (Å²) in [6.07, 6.45) is 0. The lowest BCUT2D eigenvalue weighted by Gasteiger charge is -2.11. The van der Waals surface area contributed by atoms with E-state index in [0.29, 0.717) is 43.8 Å². The number of alkyl halides is 1. The third kappa shape index (κ3) is 5.12. The molecule has 0 bridgehead atoms. The Labute approximate surface area is 113 Å². The van der Waals surface area contributed by atoms with Crippen LogP contribution in [-0.2, 0) is 15.4 Å². The predicted molar refractivity (Wildman–Crippen MR) is 70.7 cm³/mol. The zero-order valence-corrected chi connectivity index (χ0v) is 11.5.